The molecule has 1 aromatic carbocycles. The molecule has 3 heteroatoms. The van der Waals surface area contributed by atoms with Crippen LogP contribution in [0, 0.1) is 11.8 Å². The van der Waals surface area contributed by atoms with Crippen LogP contribution in [0.15, 0.2) is 24.3 Å². The third-order valence-electron chi connectivity index (χ3n) is 5.85. The molecule has 0 aromatic heterocycles. The van der Waals surface area contributed by atoms with Gasteiger partial charge in [0, 0.05) is 6.54 Å². The van der Waals surface area contributed by atoms with Crippen LogP contribution in [0.1, 0.15) is 51.0 Å². The molecule has 0 radical (unpaired) electrons. The molecule has 3 rings (SSSR count). The molecule has 1 aromatic rings. The van der Waals surface area contributed by atoms with Crippen molar-refractivity contribution in [3.63, 3.8) is 0 Å². The summed E-state index contributed by atoms with van der Waals surface area (Å²) in [4.78, 5) is 2.23. The number of hydrogen-bond acceptors (Lipinski definition) is 3. The van der Waals surface area contributed by atoms with Crippen LogP contribution < -0.4 is 4.74 Å². The molecule has 0 aliphatic heterocycles. The standard InChI is InChI=1S/C20H31NO2/c1-3-21(4-2)13-17(22)14-23-20-8-6-5-7-18(20)19-12-15-9-10-16(19)11-15/h5-8,15-17,19,22H,3-4,9-14H2,1-2H3. The van der Waals surface area contributed by atoms with E-state index in [1.54, 1.807) is 0 Å². The molecule has 23 heavy (non-hydrogen) atoms. The Balaban J connectivity index is 1.60. The van der Waals surface area contributed by atoms with Crippen molar-refractivity contribution in [2.45, 2.75) is 51.6 Å². The fourth-order valence-electron chi connectivity index (χ4n) is 4.56. The maximum absolute atomic E-state index is 10.2. The van der Waals surface area contributed by atoms with Crippen molar-refractivity contribution in [1.29, 1.82) is 0 Å². The van der Waals surface area contributed by atoms with Gasteiger partial charge in [-0.1, -0.05) is 38.5 Å². The van der Waals surface area contributed by atoms with Gasteiger partial charge in [-0.3, -0.25) is 0 Å². The Morgan fingerprint density at radius 3 is 2.61 bits per heavy atom. The van der Waals surface area contributed by atoms with Crippen LogP contribution in [0.3, 0.4) is 0 Å². The van der Waals surface area contributed by atoms with Crippen molar-refractivity contribution in [3.05, 3.63) is 29.8 Å². The summed E-state index contributed by atoms with van der Waals surface area (Å²) >= 11 is 0. The van der Waals surface area contributed by atoms with Crippen molar-refractivity contribution >= 4 is 0 Å². The minimum absolute atomic E-state index is 0.383. The van der Waals surface area contributed by atoms with Gasteiger partial charge in [0.15, 0.2) is 0 Å². The summed E-state index contributed by atoms with van der Waals surface area (Å²) in [5.74, 6) is 3.45. The molecule has 1 N–H and O–H groups in total. The second kappa shape index (κ2) is 7.67. The normalized spacial score (nSPS) is 27.6. The minimum atomic E-state index is -0.428. The molecule has 4 unspecified atom stereocenters. The quantitative estimate of drug-likeness (QED) is 0.794. The Labute approximate surface area is 140 Å². The molecular formula is C20H31NO2. The number of likely N-dealkylation sites (N-methyl/N-ethyl adjacent to an activating group) is 1. The first-order valence-electron chi connectivity index (χ1n) is 9.33. The molecule has 0 heterocycles. The molecule has 0 amide bonds. The van der Waals surface area contributed by atoms with E-state index in [0.717, 1.165) is 30.7 Å². The van der Waals surface area contributed by atoms with Gasteiger partial charge in [0.05, 0.1) is 0 Å². The Morgan fingerprint density at radius 1 is 1.17 bits per heavy atom. The van der Waals surface area contributed by atoms with Gasteiger partial charge >= 0.3 is 0 Å². The Morgan fingerprint density at radius 2 is 1.96 bits per heavy atom. The molecule has 128 valence electrons. The van der Waals surface area contributed by atoms with Crippen LogP contribution in [0.25, 0.3) is 0 Å². The van der Waals surface area contributed by atoms with Crippen LogP contribution in [0.4, 0.5) is 0 Å². The van der Waals surface area contributed by atoms with Crippen molar-refractivity contribution in [2.75, 3.05) is 26.2 Å². The van der Waals surface area contributed by atoms with Gasteiger partial charge in [-0.2, -0.15) is 0 Å². The Hall–Kier alpha value is -1.06. The van der Waals surface area contributed by atoms with Crippen molar-refractivity contribution in [2.24, 2.45) is 11.8 Å². The largest absolute Gasteiger partial charge is 0.491 e. The van der Waals surface area contributed by atoms with Crippen LogP contribution in [0.5, 0.6) is 5.75 Å². The van der Waals surface area contributed by atoms with Crippen LogP contribution in [-0.2, 0) is 0 Å². The predicted octanol–water partition coefficient (Wildman–Crippen LogP) is 3.67. The second-order valence-corrected chi connectivity index (χ2v) is 7.27. The number of fused-ring (bicyclic) bond motifs is 2. The summed E-state index contributed by atoms with van der Waals surface area (Å²) in [7, 11) is 0. The first-order valence-corrected chi connectivity index (χ1v) is 9.33. The van der Waals surface area contributed by atoms with Crippen molar-refractivity contribution in [1.82, 2.24) is 4.90 Å². The topological polar surface area (TPSA) is 32.7 Å². The number of rotatable bonds is 8. The zero-order valence-electron chi connectivity index (χ0n) is 14.6. The van der Waals surface area contributed by atoms with Gasteiger partial charge < -0.3 is 14.7 Å². The highest BCUT2D eigenvalue weighted by molar-refractivity contribution is 5.38. The number of para-hydroxylation sites is 1. The number of aliphatic hydroxyl groups is 1. The Bertz CT molecular complexity index is 500. The number of ether oxygens (including phenoxy) is 1. The van der Waals surface area contributed by atoms with Crippen LogP contribution >= 0.6 is 0 Å². The number of benzene rings is 1. The molecular weight excluding hydrogens is 286 g/mol. The monoisotopic (exact) mass is 317 g/mol. The number of nitrogens with zero attached hydrogens (tertiary/aromatic N) is 1. The lowest BCUT2D eigenvalue weighted by Crippen LogP contribution is -2.35. The minimum Gasteiger partial charge on any atom is -0.491 e. The molecule has 0 saturated heterocycles. The molecule has 2 saturated carbocycles. The zero-order chi connectivity index (χ0) is 16.2. The fourth-order valence-corrected chi connectivity index (χ4v) is 4.56. The van der Waals surface area contributed by atoms with Gasteiger partial charge in [0.25, 0.3) is 0 Å². The third-order valence-corrected chi connectivity index (χ3v) is 5.85. The lowest BCUT2D eigenvalue weighted by molar-refractivity contribution is 0.0710. The first-order chi connectivity index (χ1) is 11.2. The Kier molecular flexibility index (Phi) is 5.60. The van der Waals surface area contributed by atoms with Crippen LogP contribution in [-0.4, -0.2) is 42.4 Å². The average molecular weight is 317 g/mol. The van der Waals surface area contributed by atoms with E-state index in [9.17, 15) is 5.11 Å². The molecule has 2 aliphatic carbocycles. The van der Waals surface area contributed by atoms with Gasteiger partial charge in [-0.05, 0) is 61.7 Å². The van der Waals surface area contributed by atoms with Crippen molar-refractivity contribution in [3.8, 4) is 5.75 Å². The first kappa shape index (κ1) is 16.8. The van der Waals surface area contributed by atoms with E-state index < -0.39 is 6.10 Å². The van der Waals surface area contributed by atoms with E-state index in [4.69, 9.17) is 4.74 Å². The maximum atomic E-state index is 10.2. The molecule has 3 nitrogen and oxygen atoms in total. The SMILES string of the molecule is CCN(CC)CC(O)COc1ccccc1C1CC2CCC1C2. The lowest BCUT2D eigenvalue weighted by Gasteiger charge is -2.26. The van der Waals surface area contributed by atoms with Gasteiger partial charge in [-0.15, -0.1) is 0 Å². The van der Waals surface area contributed by atoms with E-state index in [0.29, 0.717) is 19.1 Å². The average Bonchev–Trinajstić information content (AvgIpc) is 3.21. The van der Waals surface area contributed by atoms with E-state index in [1.807, 2.05) is 6.07 Å². The highest BCUT2D eigenvalue weighted by atomic mass is 16.5. The summed E-state index contributed by atoms with van der Waals surface area (Å²) in [5.41, 5.74) is 1.37. The highest BCUT2D eigenvalue weighted by Gasteiger charge is 2.41. The van der Waals surface area contributed by atoms with E-state index in [1.165, 1.54) is 31.2 Å². The third kappa shape index (κ3) is 3.89. The maximum Gasteiger partial charge on any atom is 0.122 e. The molecule has 2 bridgehead atoms. The smallest absolute Gasteiger partial charge is 0.122 e. The lowest BCUT2D eigenvalue weighted by atomic mass is 9.83. The summed E-state index contributed by atoms with van der Waals surface area (Å²) < 4.78 is 6.03. The summed E-state index contributed by atoms with van der Waals surface area (Å²) in [6, 6.07) is 8.48. The molecule has 2 aliphatic rings. The van der Waals surface area contributed by atoms with Gasteiger partial charge in [-0.25, -0.2) is 0 Å². The van der Waals surface area contributed by atoms with Gasteiger partial charge in [0.2, 0.25) is 0 Å². The zero-order valence-corrected chi connectivity index (χ0v) is 14.6. The summed E-state index contributed by atoms with van der Waals surface area (Å²) in [6.07, 6.45) is 5.11. The second-order valence-electron chi connectivity index (χ2n) is 7.27. The van der Waals surface area contributed by atoms with E-state index in [2.05, 4.69) is 36.9 Å². The molecule has 2 fully saturated rings. The molecule has 4 atom stereocenters. The van der Waals surface area contributed by atoms with E-state index >= 15 is 0 Å². The number of aliphatic hydroxyl groups excluding tert-OH is 1. The highest BCUT2D eigenvalue weighted by Crippen LogP contribution is 2.54. The summed E-state index contributed by atoms with van der Waals surface area (Å²) in [6.45, 7) is 7.26. The van der Waals surface area contributed by atoms with E-state index in [-0.39, 0.29) is 0 Å². The fraction of sp³-hybridized carbons (Fsp3) is 0.700. The van der Waals surface area contributed by atoms with Gasteiger partial charge in [0.1, 0.15) is 18.5 Å². The number of hydrogen-bond donors (Lipinski definition) is 1. The predicted molar refractivity (Wildman–Crippen MR) is 93.9 cm³/mol. The van der Waals surface area contributed by atoms with Crippen LogP contribution in [0.2, 0.25) is 0 Å². The molecule has 0 spiro atoms. The summed E-state index contributed by atoms with van der Waals surface area (Å²) in [5, 5.41) is 10.2. The van der Waals surface area contributed by atoms with Crippen molar-refractivity contribution < 1.29 is 9.84 Å².